The van der Waals surface area contributed by atoms with Crippen molar-refractivity contribution in [1.29, 1.82) is 0 Å². The van der Waals surface area contributed by atoms with Crippen molar-refractivity contribution < 1.29 is 8.42 Å². The van der Waals surface area contributed by atoms with E-state index >= 15 is 0 Å². The molecule has 1 rings (SSSR count). The van der Waals surface area contributed by atoms with Crippen LogP contribution in [0.15, 0.2) is 0 Å². The number of primary sulfonamides is 1. The second-order valence-corrected chi connectivity index (χ2v) is 4.54. The van der Waals surface area contributed by atoms with Gasteiger partial charge in [0.05, 0.1) is 10.6 Å². The first kappa shape index (κ1) is 8.57. The lowest BCUT2D eigenvalue weighted by Crippen LogP contribution is -2.14. The molecule has 2 N–H and O–H groups in total. The highest BCUT2D eigenvalue weighted by Crippen LogP contribution is 2.11. The zero-order valence-corrected chi connectivity index (χ0v) is 7.44. The lowest BCUT2D eigenvalue weighted by atomic mass is 10.4. The van der Waals surface area contributed by atoms with E-state index < -0.39 is 10.0 Å². The molecule has 0 radical (unpaired) electrons. The molecule has 0 aliphatic heterocycles. The van der Waals surface area contributed by atoms with Gasteiger partial charge in [-0.05, 0) is 18.5 Å². The third-order valence-corrected chi connectivity index (χ3v) is 2.77. The summed E-state index contributed by atoms with van der Waals surface area (Å²) >= 11 is 1.06. The largest absolute Gasteiger partial charge is 0.228 e. The van der Waals surface area contributed by atoms with Crippen LogP contribution >= 0.6 is 11.5 Å². The molecule has 62 valence electrons. The van der Waals surface area contributed by atoms with Gasteiger partial charge in [-0.15, -0.1) is 5.10 Å². The molecule has 0 fully saturated rings. The fourth-order valence-corrected chi connectivity index (χ4v) is 2.28. The minimum absolute atomic E-state index is 0.170. The fourth-order valence-electron chi connectivity index (χ4n) is 0.566. The summed E-state index contributed by atoms with van der Waals surface area (Å²) in [6, 6.07) is 0. The summed E-state index contributed by atoms with van der Waals surface area (Å²) in [5.41, 5.74) is 0.629. The number of rotatable bonds is 2. The molecule has 0 atom stereocenters. The van der Waals surface area contributed by atoms with Gasteiger partial charge in [0, 0.05) is 0 Å². The van der Waals surface area contributed by atoms with Gasteiger partial charge in [-0.25, -0.2) is 13.6 Å². The molecule has 0 saturated carbocycles. The van der Waals surface area contributed by atoms with Gasteiger partial charge in [0.1, 0.15) is 5.75 Å². The summed E-state index contributed by atoms with van der Waals surface area (Å²) in [5, 5.41) is 8.47. The average molecular weight is 193 g/mol. The number of sulfonamides is 1. The molecule has 0 aliphatic carbocycles. The Hall–Kier alpha value is -0.530. The van der Waals surface area contributed by atoms with Gasteiger partial charge >= 0.3 is 0 Å². The molecule has 1 aromatic heterocycles. The highest BCUT2D eigenvalue weighted by Gasteiger charge is 2.10. The molecule has 0 aromatic carbocycles. The van der Waals surface area contributed by atoms with Crippen LogP contribution in [0.4, 0.5) is 0 Å². The molecule has 0 aliphatic rings. The maximum Gasteiger partial charge on any atom is 0.214 e. The highest BCUT2D eigenvalue weighted by atomic mass is 32.2. The van der Waals surface area contributed by atoms with Crippen molar-refractivity contribution in [3.8, 4) is 0 Å². The Labute approximate surface area is 68.5 Å². The zero-order valence-electron chi connectivity index (χ0n) is 5.81. The Morgan fingerprint density at radius 3 is 2.64 bits per heavy atom. The predicted octanol–water partition coefficient (Wildman–Crippen LogP) is -0.365. The van der Waals surface area contributed by atoms with Crippen LogP contribution in [0.1, 0.15) is 10.6 Å². The van der Waals surface area contributed by atoms with Crippen LogP contribution in [0, 0.1) is 6.92 Å². The van der Waals surface area contributed by atoms with Crippen molar-refractivity contribution in [2.45, 2.75) is 12.7 Å². The molecular weight excluding hydrogens is 186 g/mol. The first-order valence-electron chi connectivity index (χ1n) is 2.77. The fraction of sp³-hybridized carbons (Fsp3) is 0.500. The molecule has 0 saturated heterocycles. The summed E-state index contributed by atoms with van der Waals surface area (Å²) in [7, 11) is -3.44. The minimum atomic E-state index is -3.44. The third-order valence-electron chi connectivity index (χ3n) is 1.08. The molecule has 0 spiro atoms. The van der Waals surface area contributed by atoms with E-state index in [1.165, 1.54) is 0 Å². The first-order valence-corrected chi connectivity index (χ1v) is 5.26. The van der Waals surface area contributed by atoms with E-state index in [1.54, 1.807) is 6.92 Å². The molecular formula is C4H7N3O2S2. The highest BCUT2D eigenvalue weighted by molar-refractivity contribution is 7.88. The Morgan fingerprint density at radius 2 is 2.27 bits per heavy atom. The molecule has 1 aromatic rings. The number of hydrogen-bond acceptors (Lipinski definition) is 5. The Bertz CT molecular complexity index is 342. The van der Waals surface area contributed by atoms with Crippen molar-refractivity contribution in [3.05, 3.63) is 10.6 Å². The molecule has 11 heavy (non-hydrogen) atoms. The van der Waals surface area contributed by atoms with Crippen molar-refractivity contribution in [3.63, 3.8) is 0 Å². The van der Waals surface area contributed by atoms with E-state index in [0.29, 0.717) is 10.6 Å². The molecule has 7 heteroatoms. The van der Waals surface area contributed by atoms with Crippen molar-refractivity contribution in [2.24, 2.45) is 5.14 Å². The molecule has 5 nitrogen and oxygen atoms in total. The van der Waals surface area contributed by atoms with Gasteiger partial charge < -0.3 is 0 Å². The van der Waals surface area contributed by atoms with Crippen LogP contribution in [0.2, 0.25) is 0 Å². The van der Waals surface area contributed by atoms with Crippen LogP contribution in [-0.2, 0) is 15.8 Å². The minimum Gasteiger partial charge on any atom is -0.228 e. The van der Waals surface area contributed by atoms with E-state index in [0.717, 1.165) is 11.5 Å². The standard InChI is InChI=1S/C4H7N3O2S2/c1-3-4(10-7-6-3)2-11(5,8)9/h2H2,1H3,(H2,5,8,9). The zero-order chi connectivity index (χ0) is 8.48. The van der Waals surface area contributed by atoms with Crippen LogP contribution in [0.5, 0.6) is 0 Å². The van der Waals surface area contributed by atoms with Gasteiger partial charge in [-0.3, -0.25) is 0 Å². The van der Waals surface area contributed by atoms with Crippen LogP contribution in [-0.4, -0.2) is 18.0 Å². The lowest BCUT2D eigenvalue weighted by Gasteiger charge is -1.92. The maximum atomic E-state index is 10.6. The normalized spacial score (nSPS) is 11.8. The van der Waals surface area contributed by atoms with Gasteiger partial charge in [-0.1, -0.05) is 4.49 Å². The van der Waals surface area contributed by atoms with Gasteiger partial charge in [0.15, 0.2) is 0 Å². The summed E-state index contributed by atoms with van der Waals surface area (Å²) in [5.74, 6) is -0.170. The Kier molecular flexibility index (Phi) is 2.21. The number of aromatic nitrogens is 2. The predicted molar refractivity (Wildman–Crippen MR) is 41.5 cm³/mol. The SMILES string of the molecule is Cc1nnsc1CS(N)(=O)=O. The van der Waals surface area contributed by atoms with Gasteiger partial charge in [-0.2, -0.15) is 0 Å². The monoisotopic (exact) mass is 193 g/mol. The Balaban J connectivity index is 2.89. The summed E-state index contributed by atoms with van der Waals surface area (Å²) in [6.07, 6.45) is 0. The quantitative estimate of drug-likeness (QED) is 0.694. The van der Waals surface area contributed by atoms with E-state index in [-0.39, 0.29) is 5.75 Å². The molecule has 0 unspecified atom stereocenters. The summed E-state index contributed by atoms with van der Waals surface area (Å²) in [6.45, 7) is 1.70. The summed E-state index contributed by atoms with van der Waals surface area (Å²) < 4.78 is 24.7. The van der Waals surface area contributed by atoms with Crippen molar-refractivity contribution in [1.82, 2.24) is 9.59 Å². The summed E-state index contributed by atoms with van der Waals surface area (Å²) in [4.78, 5) is 0.604. The first-order chi connectivity index (χ1) is 4.99. The van der Waals surface area contributed by atoms with Crippen molar-refractivity contribution in [2.75, 3.05) is 0 Å². The van der Waals surface area contributed by atoms with E-state index in [4.69, 9.17) is 5.14 Å². The number of nitrogens with two attached hydrogens (primary N) is 1. The smallest absolute Gasteiger partial charge is 0.214 e. The van der Waals surface area contributed by atoms with Crippen molar-refractivity contribution >= 4 is 21.6 Å². The van der Waals surface area contributed by atoms with E-state index in [1.807, 2.05) is 0 Å². The topological polar surface area (TPSA) is 85.9 Å². The number of hydrogen-bond donors (Lipinski definition) is 1. The average Bonchev–Trinajstić information content (AvgIpc) is 2.12. The van der Waals surface area contributed by atoms with E-state index in [9.17, 15) is 8.42 Å². The van der Waals surface area contributed by atoms with Crippen LogP contribution in [0.25, 0.3) is 0 Å². The van der Waals surface area contributed by atoms with Gasteiger partial charge in [0.25, 0.3) is 0 Å². The van der Waals surface area contributed by atoms with Crippen LogP contribution in [0.3, 0.4) is 0 Å². The maximum absolute atomic E-state index is 10.6. The second-order valence-electron chi connectivity index (χ2n) is 2.09. The Morgan fingerprint density at radius 1 is 1.64 bits per heavy atom. The lowest BCUT2D eigenvalue weighted by molar-refractivity contribution is 0.597. The van der Waals surface area contributed by atoms with E-state index in [2.05, 4.69) is 9.59 Å². The molecule has 1 heterocycles. The number of nitrogens with zero attached hydrogens (tertiary/aromatic N) is 2. The van der Waals surface area contributed by atoms with Crippen LogP contribution < -0.4 is 5.14 Å². The number of aryl methyl sites for hydroxylation is 1. The molecule has 0 bridgehead atoms. The third kappa shape index (κ3) is 2.52. The van der Waals surface area contributed by atoms with Gasteiger partial charge in [0.2, 0.25) is 10.0 Å². The second kappa shape index (κ2) is 2.84. The molecule has 0 amide bonds.